The van der Waals surface area contributed by atoms with Crippen molar-refractivity contribution in [3.05, 3.63) is 41.7 Å². The van der Waals surface area contributed by atoms with E-state index in [1.54, 1.807) is 12.7 Å². The summed E-state index contributed by atoms with van der Waals surface area (Å²) >= 11 is 6.09. The molecule has 0 spiro atoms. The molecule has 1 atom stereocenters. The lowest BCUT2D eigenvalue weighted by molar-refractivity contribution is 0.149. The number of nitrogens with zero attached hydrogens (tertiary/aromatic N) is 6. The number of piperidine rings is 1. The Kier molecular flexibility index (Phi) is 4.24. The lowest BCUT2D eigenvalue weighted by Gasteiger charge is -2.32. The number of imidazole rings is 1. The van der Waals surface area contributed by atoms with Crippen LogP contribution in [0, 0.1) is 5.92 Å². The van der Waals surface area contributed by atoms with E-state index < -0.39 is 0 Å². The molecule has 2 aromatic heterocycles. The minimum atomic E-state index is 0.615. The molecule has 0 bridgehead atoms. The van der Waals surface area contributed by atoms with Crippen molar-refractivity contribution in [3.63, 3.8) is 0 Å². The Morgan fingerprint density at radius 3 is 3.08 bits per heavy atom. The van der Waals surface area contributed by atoms with Crippen LogP contribution in [0.1, 0.15) is 18.7 Å². The van der Waals surface area contributed by atoms with E-state index in [0.29, 0.717) is 5.92 Å². The average Bonchev–Trinajstić information content (AvgIpc) is 3.17. The van der Waals surface area contributed by atoms with Gasteiger partial charge in [-0.3, -0.25) is 9.58 Å². The molecule has 1 aromatic carbocycles. The van der Waals surface area contributed by atoms with E-state index in [-0.39, 0.29) is 0 Å². The molecule has 24 heavy (non-hydrogen) atoms. The molecule has 3 heterocycles. The summed E-state index contributed by atoms with van der Waals surface area (Å²) in [5.41, 5.74) is 2.10. The van der Waals surface area contributed by atoms with Crippen molar-refractivity contribution in [1.82, 2.24) is 29.2 Å². The fourth-order valence-corrected chi connectivity index (χ4v) is 3.77. The normalized spacial score (nSPS) is 19.2. The number of aryl methyl sites for hydroxylation is 1. The Bertz CT molecular complexity index is 825. The van der Waals surface area contributed by atoms with Gasteiger partial charge in [-0.25, -0.2) is 9.97 Å². The van der Waals surface area contributed by atoms with Crippen LogP contribution in [0.15, 0.2) is 30.9 Å². The molecule has 126 valence electrons. The molecule has 7 heteroatoms. The largest absolute Gasteiger partial charge is 0.330 e. The Morgan fingerprint density at radius 2 is 2.25 bits per heavy atom. The predicted molar refractivity (Wildman–Crippen MR) is 93.7 cm³/mol. The molecule has 0 amide bonds. The quantitative estimate of drug-likeness (QED) is 0.730. The molecule has 1 fully saturated rings. The van der Waals surface area contributed by atoms with Crippen molar-refractivity contribution >= 4 is 22.6 Å². The number of halogens is 1. The fourth-order valence-electron chi connectivity index (χ4n) is 3.60. The molecule has 0 aliphatic carbocycles. The molecule has 1 aliphatic heterocycles. The SMILES string of the molecule is Cn1c(CN2CCC[C@H](Cn3cncn3)C2)nc2cc(Cl)ccc21. The summed E-state index contributed by atoms with van der Waals surface area (Å²) in [6.45, 7) is 4.01. The molecule has 0 saturated carbocycles. The van der Waals surface area contributed by atoms with Crippen molar-refractivity contribution in [1.29, 1.82) is 0 Å². The summed E-state index contributed by atoms with van der Waals surface area (Å²) in [5.74, 6) is 1.71. The minimum absolute atomic E-state index is 0.615. The zero-order valence-corrected chi connectivity index (χ0v) is 14.5. The molecule has 0 unspecified atom stereocenters. The van der Waals surface area contributed by atoms with Gasteiger partial charge < -0.3 is 4.57 Å². The Balaban J connectivity index is 1.47. The van der Waals surface area contributed by atoms with Gasteiger partial charge >= 0.3 is 0 Å². The number of aromatic nitrogens is 5. The molecule has 0 N–H and O–H groups in total. The zero-order valence-electron chi connectivity index (χ0n) is 13.8. The van der Waals surface area contributed by atoms with Gasteiger partial charge in [0, 0.05) is 25.2 Å². The number of hydrogen-bond donors (Lipinski definition) is 0. The highest BCUT2D eigenvalue weighted by Crippen LogP contribution is 2.23. The van der Waals surface area contributed by atoms with E-state index in [2.05, 4.69) is 26.6 Å². The topological polar surface area (TPSA) is 51.8 Å². The third kappa shape index (κ3) is 3.16. The summed E-state index contributed by atoms with van der Waals surface area (Å²) in [4.78, 5) is 11.3. The summed E-state index contributed by atoms with van der Waals surface area (Å²) in [6.07, 6.45) is 5.86. The molecule has 1 aliphatic rings. The maximum Gasteiger partial charge on any atom is 0.137 e. The van der Waals surface area contributed by atoms with Gasteiger partial charge in [-0.1, -0.05) is 11.6 Å². The van der Waals surface area contributed by atoms with Crippen LogP contribution in [0.4, 0.5) is 0 Å². The van der Waals surface area contributed by atoms with Gasteiger partial charge in [0.05, 0.1) is 17.6 Å². The van der Waals surface area contributed by atoms with Gasteiger partial charge in [0.1, 0.15) is 18.5 Å². The first-order chi connectivity index (χ1) is 11.7. The van der Waals surface area contributed by atoms with Crippen molar-refractivity contribution in [3.8, 4) is 0 Å². The Hall–Kier alpha value is -1.92. The summed E-state index contributed by atoms with van der Waals surface area (Å²) < 4.78 is 4.11. The Labute approximate surface area is 146 Å². The fraction of sp³-hybridized carbons (Fsp3) is 0.471. The molecule has 4 rings (SSSR count). The van der Waals surface area contributed by atoms with Crippen molar-refractivity contribution in [2.45, 2.75) is 25.9 Å². The number of hydrogen-bond acceptors (Lipinski definition) is 4. The lowest BCUT2D eigenvalue weighted by atomic mass is 9.98. The summed E-state index contributed by atoms with van der Waals surface area (Å²) in [7, 11) is 2.08. The second-order valence-electron chi connectivity index (χ2n) is 6.58. The van der Waals surface area contributed by atoms with Gasteiger partial charge in [0.2, 0.25) is 0 Å². The number of likely N-dealkylation sites (tertiary alicyclic amines) is 1. The van der Waals surface area contributed by atoms with Crippen LogP contribution >= 0.6 is 11.6 Å². The molecular weight excluding hydrogens is 324 g/mol. The third-order valence-electron chi connectivity index (χ3n) is 4.82. The maximum atomic E-state index is 6.09. The van der Waals surface area contributed by atoms with E-state index in [9.17, 15) is 0 Å². The molecule has 3 aromatic rings. The molecular formula is C17H21ClN6. The van der Waals surface area contributed by atoms with Crippen LogP contribution < -0.4 is 0 Å². The van der Waals surface area contributed by atoms with Gasteiger partial charge in [-0.15, -0.1) is 0 Å². The van der Waals surface area contributed by atoms with Gasteiger partial charge in [-0.2, -0.15) is 5.10 Å². The monoisotopic (exact) mass is 344 g/mol. The predicted octanol–water partition coefficient (Wildman–Crippen LogP) is 2.73. The number of benzene rings is 1. The maximum absolute atomic E-state index is 6.09. The van der Waals surface area contributed by atoms with Crippen LogP contribution in [0.3, 0.4) is 0 Å². The Morgan fingerprint density at radius 1 is 1.33 bits per heavy atom. The van der Waals surface area contributed by atoms with Crippen molar-refractivity contribution < 1.29 is 0 Å². The highest BCUT2D eigenvalue weighted by atomic mass is 35.5. The van der Waals surface area contributed by atoms with Crippen LogP contribution in [0.2, 0.25) is 5.02 Å². The van der Waals surface area contributed by atoms with Crippen molar-refractivity contribution in [2.24, 2.45) is 13.0 Å². The summed E-state index contributed by atoms with van der Waals surface area (Å²) in [5, 5.41) is 4.96. The lowest BCUT2D eigenvalue weighted by Crippen LogP contribution is -2.37. The average molecular weight is 345 g/mol. The minimum Gasteiger partial charge on any atom is -0.330 e. The van der Waals surface area contributed by atoms with E-state index in [0.717, 1.165) is 48.1 Å². The highest BCUT2D eigenvalue weighted by Gasteiger charge is 2.22. The van der Waals surface area contributed by atoms with Gasteiger partial charge in [-0.05, 0) is 43.5 Å². The van der Waals surface area contributed by atoms with Gasteiger partial charge in [0.25, 0.3) is 0 Å². The molecule has 0 radical (unpaired) electrons. The first kappa shape index (κ1) is 15.6. The van der Waals surface area contributed by atoms with Crippen LogP contribution in [0.5, 0.6) is 0 Å². The second-order valence-corrected chi connectivity index (χ2v) is 7.02. The number of rotatable bonds is 4. The smallest absolute Gasteiger partial charge is 0.137 e. The van der Waals surface area contributed by atoms with Gasteiger partial charge in [0.15, 0.2) is 0 Å². The first-order valence-electron chi connectivity index (χ1n) is 8.34. The second kappa shape index (κ2) is 6.53. The highest BCUT2D eigenvalue weighted by molar-refractivity contribution is 6.31. The van der Waals surface area contributed by atoms with E-state index in [1.807, 2.05) is 22.9 Å². The van der Waals surface area contributed by atoms with E-state index in [4.69, 9.17) is 16.6 Å². The molecule has 6 nitrogen and oxygen atoms in total. The number of fused-ring (bicyclic) bond motifs is 1. The zero-order chi connectivity index (χ0) is 16.5. The summed E-state index contributed by atoms with van der Waals surface area (Å²) in [6, 6.07) is 5.90. The van der Waals surface area contributed by atoms with E-state index in [1.165, 1.54) is 12.8 Å². The van der Waals surface area contributed by atoms with Crippen LogP contribution in [-0.2, 0) is 20.1 Å². The van der Waals surface area contributed by atoms with Crippen LogP contribution in [0.25, 0.3) is 11.0 Å². The van der Waals surface area contributed by atoms with Crippen molar-refractivity contribution in [2.75, 3.05) is 13.1 Å². The standard InChI is InChI=1S/C17H21ClN6/c1-22-16-5-4-14(18)7-15(16)21-17(22)10-23-6-2-3-13(8-23)9-24-12-19-11-20-24/h4-5,7,11-13H,2-3,6,8-10H2,1H3/t13-/m0/s1. The molecule has 1 saturated heterocycles. The van der Waals surface area contributed by atoms with E-state index >= 15 is 0 Å². The third-order valence-corrected chi connectivity index (χ3v) is 5.05. The van der Waals surface area contributed by atoms with Crippen LogP contribution in [-0.4, -0.2) is 42.3 Å². The first-order valence-corrected chi connectivity index (χ1v) is 8.72.